The summed E-state index contributed by atoms with van der Waals surface area (Å²) in [6, 6.07) is 0. The number of carbonyl (C=O) groups excluding carboxylic acids is 4. The van der Waals surface area contributed by atoms with E-state index in [4.69, 9.17) is 0 Å². The fourth-order valence-electron chi connectivity index (χ4n) is 0.272. The molecule has 0 aliphatic rings. The Hall–Kier alpha value is 1.36. The molecule has 88 valence electrons. The Kier molecular flexibility index (Phi) is 47.5. The van der Waals surface area contributed by atoms with Gasteiger partial charge in [0.15, 0.2) is 0 Å². The van der Waals surface area contributed by atoms with Crippen molar-refractivity contribution in [1.82, 2.24) is 0 Å². The number of carboxylic acid groups (broad SMARTS) is 4. The topological polar surface area (TPSA) is 161 Å². The number of carbonyl (C=O) groups is 4. The monoisotopic (exact) mass is 320 g/mol. The third-order valence-electron chi connectivity index (χ3n) is 0.711. The molecule has 0 amide bonds. The van der Waals surface area contributed by atoms with Crippen LogP contribution in [0.5, 0.6) is 0 Å². The van der Waals surface area contributed by atoms with Crippen molar-refractivity contribution >= 4 is 23.9 Å². The average molecular weight is 320 g/mol. The molecule has 0 rings (SSSR count). The SMILES string of the molecule is O=C([O-])/C=C\C(=O)[O-].O=C([O-])/C=C\C(=O)[O-].[Na+].[Na+].[Na+].[Na+]. The van der Waals surface area contributed by atoms with Crippen LogP contribution in [0.1, 0.15) is 0 Å². The van der Waals surface area contributed by atoms with Gasteiger partial charge >= 0.3 is 118 Å². The van der Waals surface area contributed by atoms with E-state index in [1.165, 1.54) is 0 Å². The van der Waals surface area contributed by atoms with Crippen LogP contribution in [0, 0.1) is 0 Å². The zero-order chi connectivity index (χ0) is 13.1. The molecule has 12 heteroatoms. The third kappa shape index (κ3) is 50.6. The molecule has 0 bridgehead atoms. The Morgan fingerprint density at radius 3 is 0.600 bits per heavy atom. The predicted octanol–water partition coefficient (Wildman–Crippen LogP) is -17.9. The Balaban J connectivity index is -0.0000000408. The summed E-state index contributed by atoms with van der Waals surface area (Å²) in [5.74, 6) is -6.19. The molecular formula is C8H4Na4O8. The second kappa shape index (κ2) is 25.3. The van der Waals surface area contributed by atoms with E-state index in [1.807, 2.05) is 0 Å². The van der Waals surface area contributed by atoms with Gasteiger partial charge in [0.1, 0.15) is 0 Å². The Bertz CT molecular complexity index is 286. The minimum absolute atomic E-state index is 0. The van der Waals surface area contributed by atoms with Crippen molar-refractivity contribution in [2.75, 3.05) is 0 Å². The molecule has 8 nitrogen and oxygen atoms in total. The summed E-state index contributed by atoms with van der Waals surface area (Å²) in [7, 11) is 0. The van der Waals surface area contributed by atoms with Crippen molar-refractivity contribution in [3.8, 4) is 0 Å². The van der Waals surface area contributed by atoms with Crippen LogP contribution in [0.3, 0.4) is 0 Å². The predicted molar refractivity (Wildman–Crippen MR) is 38.3 cm³/mol. The summed E-state index contributed by atoms with van der Waals surface area (Å²) >= 11 is 0. The normalized spacial score (nSPS) is 7.60. The third-order valence-corrected chi connectivity index (χ3v) is 0.711. The van der Waals surface area contributed by atoms with E-state index in [9.17, 15) is 39.6 Å². The summed E-state index contributed by atoms with van der Waals surface area (Å²) in [5, 5.41) is 37.7. The largest absolute Gasteiger partial charge is 1.00 e. The first-order valence-corrected chi connectivity index (χ1v) is 3.45. The van der Waals surface area contributed by atoms with Crippen LogP contribution in [0.4, 0.5) is 0 Å². The van der Waals surface area contributed by atoms with Gasteiger partial charge in [0.05, 0.1) is 23.9 Å². The quantitative estimate of drug-likeness (QED) is 0.364. The van der Waals surface area contributed by atoms with Gasteiger partial charge in [-0.1, -0.05) is 0 Å². The number of hydrogen-bond donors (Lipinski definition) is 0. The second-order valence-electron chi connectivity index (χ2n) is 1.94. The first kappa shape index (κ1) is 37.5. The molecule has 0 aromatic heterocycles. The van der Waals surface area contributed by atoms with Gasteiger partial charge in [-0.2, -0.15) is 0 Å². The molecule has 0 N–H and O–H groups in total. The molecule has 0 aliphatic carbocycles. The number of carboxylic acids is 4. The minimum Gasteiger partial charge on any atom is -0.545 e. The van der Waals surface area contributed by atoms with Gasteiger partial charge in [-0.05, 0) is 24.3 Å². The van der Waals surface area contributed by atoms with E-state index in [-0.39, 0.29) is 118 Å². The summed E-state index contributed by atoms with van der Waals surface area (Å²) < 4.78 is 0. The standard InChI is InChI=1S/2C4H4O4.4Na/c2*5-3(6)1-2-4(7)8;;;;/h2*1-2H,(H,5,6)(H,7,8);;;;/q;;4*+1/p-4/b2*2-1-;;;;. The van der Waals surface area contributed by atoms with Gasteiger partial charge in [-0.25, -0.2) is 0 Å². The molecule has 0 heterocycles. The minimum atomic E-state index is -1.55. The maximum absolute atomic E-state index is 9.41. The fourth-order valence-corrected chi connectivity index (χ4v) is 0.272. The van der Waals surface area contributed by atoms with Gasteiger partial charge in [0, 0.05) is 0 Å². The van der Waals surface area contributed by atoms with Crippen molar-refractivity contribution in [3.63, 3.8) is 0 Å². The molecule has 0 aromatic carbocycles. The number of aliphatic carboxylic acids is 4. The summed E-state index contributed by atoms with van der Waals surface area (Å²) in [6.45, 7) is 0. The van der Waals surface area contributed by atoms with E-state index in [0.717, 1.165) is 0 Å². The van der Waals surface area contributed by atoms with Crippen molar-refractivity contribution in [3.05, 3.63) is 24.3 Å². The van der Waals surface area contributed by atoms with Crippen LogP contribution < -0.4 is 139 Å². The van der Waals surface area contributed by atoms with Crippen molar-refractivity contribution in [2.24, 2.45) is 0 Å². The first-order chi connectivity index (χ1) is 7.25. The van der Waals surface area contributed by atoms with Gasteiger partial charge < -0.3 is 39.6 Å². The Morgan fingerprint density at radius 2 is 0.550 bits per heavy atom. The average Bonchev–Trinajstić information content (AvgIpc) is 2.12. The maximum Gasteiger partial charge on any atom is 1.00 e. The molecule has 0 saturated heterocycles. The van der Waals surface area contributed by atoms with Crippen molar-refractivity contribution in [2.45, 2.75) is 0 Å². The van der Waals surface area contributed by atoms with Crippen LogP contribution in [0.25, 0.3) is 0 Å². The Morgan fingerprint density at radius 1 is 0.450 bits per heavy atom. The van der Waals surface area contributed by atoms with Gasteiger partial charge in [-0.15, -0.1) is 0 Å². The molecule has 0 spiro atoms. The van der Waals surface area contributed by atoms with E-state index in [0.29, 0.717) is 24.3 Å². The second-order valence-corrected chi connectivity index (χ2v) is 1.94. The van der Waals surface area contributed by atoms with Crippen LogP contribution in [-0.2, 0) is 19.2 Å². The summed E-state index contributed by atoms with van der Waals surface area (Å²) in [4.78, 5) is 37.7. The molecular weight excluding hydrogens is 316 g/mol. The van der Waals surface area contributed by atoms with E-state index >= 15 is 0 Å². The van der Waals surface area contributed by atoms with Gasteiger partial charge in [0.25, 0.3) is 0 Å². The Labute approximate surface area is 202 Å². The zero-order valence-electron chi connectivity index (χ0n) is 11.6. The first-order valence-electron chi connectivity index (χ1n) is 3.45. The maximum atomic E-state index is 9.41. The smallest absolute Gasteiger partial charge is 0.545 e. The van der Waals surface area contributed by atoms with Crippen molar-refractivity contribution in [1.29, 1.82) is 0 Å². The molecule has 0 aromatic rings. The summed E-state index contributed by atoms with van der Waals surface area (Å²) in [5.41, 5.74) is 0. The van der Waals surface area contributed by atoms with Crippen LogP contribution in [-0.4, -0.2) is 23.9 Å². The van der Waals surface area contributed by atoms with Gasteiger partial charge in [-0.3, -0.25) is 0 Å². The fraction of sp³-hybridized carbons (Fsp3) is 0. The molecule has 0 radical (unpaired) electrons. The van der Waals surface area contributed by atoms with Crippen LogP contribution in [0.2, 0.25) is 0 Å². The van der Waals surface area contributed by atoms with Crippen LogP contribution in [0.15, 0.2) is 24.3 Å². The van der Waals surface area contributed by atoms with Crippen LogP contribution >= 0.6 is 0 Å². The number of rotatable bonds is 4. The van der Waals surface area contributed by atoms with E-state index in [2.05, 4.69) is 0 Å². The molecule has 0 fully saturated rings. The zero-order valence-corrected chi connectivity index (χ0v) is 19.6. The molecule has 0 aliphatic heterocycles. The molecule has 0 unspecified atom stereocenters. The van der Waals surface area contributed by atoms with Gasteiger partial charge in [0.2, 0.25) is 0 Å². The van der Waals surface area contributed by atoms with Crippen molar-refractivity contribution < 1.29 is 158 Å². The molecule has 0 atom stereocenters. The van der Waals surface area contributed by atoms with E-state index in [1.54, 1.807) is 0 Å². The molecule has 0 saturated carbocycles. The molecule has 20 heavy (non-hydrogen) atoms. The number of hydrogen-bond acceptors (Lipinski definition) is 8. The van der Waals surface area contributed by atoms with E-state index < -0.39 is 23.9 Å². The summed E-state index contributed by atoms with van der Waals surface area (Å²) in [6.07, 6.45) is 1.54.